The fourth-order valence-corrected chi connectivity index (χ4v) is 1.63. The molecule has 0 unspecified atom stereocenters. The minimum atomic E-state index is -0.953. The number of hydrogen-bond donors (Lipinski definition) is 2. The summed E-state index contributed by atoms with van der Waals surface area (Å²) in [6.45, 7) is 0.993. The van der Waals surface area contributed by atoms with E-state index < -0.39 is 5.97 Å². The molecule has 19 heavy (non-hydrogen) atoms. The predicted octanol–water partition coefficient (Wildman–Crippen LogP) is 1.74. The van der Waals surface area contributed by atoms with Gasteiger partial charge in [0, 0.05) is 6.20 Å². The van der Waals surface area contributed by atoms with E-state index in [2.05, 4.69) is 0 Å². The van der Waals surface area contributed by atoms with Crippen LogP contribution in [0, 0.1) is 5.41 Å². The summed E-state index contributed by atoms with van der Waals surface area (Å²) >= 11 is 0. The van der Waals surface area contributed by atoms with Crippen LogP contribution in [-0.4, -0.2) is 22.2 Å². The third kappa shape index (κ3) is 3.45. The van der Waals surface area contributed by atoms with Crippen LogP contribution in [0.15, 0.2) is 48.7 Å². The molecule has 0 saturated heterocycles. The number of carboxylic acid groups (broad SMARTS) is 1. The molecular weight excluding hydrogens is 244 g/mol. The molecule has 0 aliphatic carbocycles. The van der Waals surface area contributed by atoms with E-state index in [1.54, 1.807) is 22.8 Å². The maximum absolute atomic E-state index is 10.7. The molecule has 0 saturated carbocycles. The highest BCUT2D eigenvalue weighted by Gasteiger charge is 2.02. The Morgan fingerprint density at radius 1 is 1.21 bits per heavy atom. The van der Waals surface area contributed by atoms with E-state index in [0.717, 1.165) is 0 Å². The molecular formula is C14H14N2O3. The van der Waals surface area contributed by atoms with Crippen LogP contribution < -0.4 is 10.2 Å². The number of benzene rings is 1. The zero-order chi connectivity index (χ0) is 13.7. The van der Waals surface area contributed by atoms with E-state index in [1.807, 2.05) is 18.3 Å². The summed E-state index contributed by atoms with van der Waals surface area (Å²) in [6, 6.07) is 11.6. The molecule has 0 bridgehead atoms. The summed E-state index contributed by atoms with van der Waals surface area (Å²) in [5.74, 6) is -0.335. The van der Waals surface area contributed by atoms with Gasteiger partial charge in [0.1, 0.15) is 17.8 Å². The van der Waals surface area contributed by atoms with Gasteiger partial charge in [0.15, 0.2) is 0 Å². The zero-order valence-corrected chi connectivity index (χ0v) is 10.2. The summed E-state index contributed by atoms with van der Waals surface area (Å²) < 4.78 is 7.27. The van der Waals surface area contributed by atoms with Gasteiger partial charge in [-0.05, 0) is 36.4 Å². The number of hydrogen-bond acceptors (Lipinski definition) is 3. The number of nitrogens with zero attached hydrogens (tertiary/aromatic N) is 1. The van der Waals surface area contributed by atoms with Gasteiger partial charge in [0.25, 0.3) is 0 Å². The van der Waals surface area contributed by atoms with Crippen molar-refractivity contribution in [1.82, 2.24) is 4.57 Å². The number of pyridine rings is 1. The molecule has 0 amide bonds. The summed E-state index contributed by atoms with van der Waals surface area (Å²) in [4.78, 5) is 10.7. The van der Waals surface area contributed by atoms with Crippen LogP contribution in [0.3, 0.4) is 0 Å². The zero-order valence-electron chi connectivity index (χ0n) is 10.2. The quantitative estimate of drug-likeness (QED) is 0.857. The first-order valence-corrected chi connectivity index (χ1v) is 5.83. The van der Waals surface area contributed by atoms with Crippen LogP contribution in [0.5, 0.6) is 5.75 Å². The Morgan fingerprint density at radius 3 is 2.58 bits per heavy atom. The van der Waals surface area contributed by atoms with Crippen molar-refractivity contribution in [2.45, 2.75) is 6.54 Å². The average molecular weight is 258 g/mol. The standard InChI is InChI=1S/C14H14N2O3/c15-13-3-1-2-8-16(13)9-10-19-12-6-4-11(5-7-12)14(17)18/h1-8,15H,9-10H2,(H,17,18). The smallest absolute Gasteiger partial charge is 0.335 e. The maximum atomic E-state index is 10.7. The van der Waals surface area contributed by atoms with Crippen molar-refractivity contribution < 1.29 is 14.6 Å². The summed E-state index contributed by atoms with van der Waals surface area (Å²) in [5.41, 5.74) is 0.658. The highest BCUT2D eigenvalue weighted by atomic mass is 16.5. The van der Waals surface area contributed by atoms with Gasteiger partial charge in [-0.3, -0.25) is 5.41 Å². The lowest BCUT2D eigenvalue weighted by Crippen LogP contribution is -2.21. The second kappa shape index (κ2) is 5.86. The van der Waals surface area contributed by atoms with Crippen LogP contribution >= 0.6 is 0 Å². The molecule has 98 valence electrons. The third-order valence-electron chi connectivity index (χ3n) is 2.64. The average Bonchev–Trinajstić information content (AvgIpc) is 2.41. The van der Waals surface area contributed by atoms with E-state index >= 15 is 0 Å². The number of ether oxygens (including phenoxy) is 1. The fraction of sp³-hybridized carbons (Fsp3) is 0.143. The third-order valence-corrected chi connectivity index (χ3v) is 2.64. The van der Waals surface area contributed by atoms with E-state index in [-0.39, 0.29) is 5.56 Å². The molecule has 2 aromatic rings. The van der Waals surface area contributed by atoms with Gasteiger partial charge < -0.3 is 14.4 Å². The molecule has 2 N–H and O–H groups in total. The van der Waals surface area contributed by atoms with Crippen molar-refractivity contribution in [1.29, 1.82) is 5.41 Å². The van der Waals surface area contributed by atoms with Crippen molar-refractivity contribution >= 4 is 5.97 Å². The van der Waals surface area contributed by atoms with E-state index in [0.29, 0.717) is 24.4 Å². The Kier molecular flexibility index (Phi) is 3.97. The van der Waals surface area contributed by atoms with Gasteiger partial charge >= 0.3 is 5.97 Å². The van der Waals surface area contributed by atoms with Gasteiger partial charge in [0.2, 0.25) is 0 Å². The number of aromatic nitrogens is 1. The maximum Gasteiger partial charge on any atom is 0.335 e. The molecule has 0 spiro atoms. The van der Waals surface area contributed by atoms with Crippen molar-refractivity contribution in [2.24, 2.45) is 0 Å². The summed E-state index contributed by atoms with van der Waals surface area (Å²) in [6.07, 6.45) is 1.82. The Labute approximate surface area is 110 Å². The Hall–Kier alpha value is -2.56. The van der Waals surface area contributed by atoms with Gasteiger partial charge in [0.05, 0.1) is 12.1 Å². The Bertz CT molecular complexity index is 617. The van der Waals surface area contributed by atoms with Gasteiger partial charge in [-0.2, -0.15) is 0 Å². The highest BCUT2D eigenvalue weighted by molar-refractivity contribution is 5.87. The number of carboxylic acids is 1. The second-order valence-electron chi connectivity index (χ2n) is 3.96. The van der Waals surface area contributed by atoms with Crippen LogP contribution in [0.25, 0.3) is 0 Å². The van der Waals surface area contributed by atoms with Crippen molar-refractivity contribution in [3.8, 4) is 5.75 Å². The summed E-state index contributed by atoms with van der Waals surface area (Å²) in [7, 11) is 0. The largest absolute Gasteiger partial charge is 0.492 e. The minimum absolute atomic E-state index is 0.234. The normalized spacial score (nSPS) is 10.1. The molecule has 0 aliphatic rings. The van der Waals surface area contributed by atoms with E-state index in [4.69, 9.17) is 15.3 Å². The fourth-order valence-electron chi connectivity index (χ4n) is 1.63. The second-order valence-corrected chi connectivity index (χ2v) is 3.96. The molecule has 0 fully saturated rings. The van der Waals surface area contributed by atoms with Gasteiger partial charge in [-0.25, -0.2) is 4.79 Å². The van der Waals surface area contributed by atoms with Crippen LogP contribution in [-0.2, 0) is 6.54 Å². The molecule has 1 aromatic carbocycles. The minimum Gasteiger partial charge on any atom is -0.492 e. The molecule has 5 nitrogen and oxygen atoms in total. The van der Waals surface area contributed by atoms with Crippen molar-refractivity contribution in [3.63, 3.8) is 0 Å². The van der Waals surface area contributed by atoms with Gasteiger partial charge in [-0.15, -0.1) is 0 Å². The summed E-state index contributed by atoms with van der Waals surface area (Å²) in [5, 5.41) is 16.4. The number of nitrogens with one attached hydrogen (secondary N) is 1. The predicted molar refractivity (Wildman–Crippen MR) is 69.2 cm³/mol. The Balaban J connectivity index is 1.91. The molecule has 0 atom stereocenters. The highest BCUT2D eigenvalue weighted by Crippen LogP contribution is 2.12. The number of aromatic carboxylic acids is 1. The topological polar surface area (TPSA) is 75.3 Å². The van der Waals surface area contributed by atoms with Gasteiger partial charge in [-0.1, -0.05) is 6.07 Å². The van der Waals surface area contributed by atoms with E-state index in [1.165, 1.54) is 12.1 Å². The number of rotatable bonds is 5. The molecule has 1 aromatic heterocycles. The van der Waals surface area contributed by atoms with Crippen LogP contribution in [0.1, 0.15) is 10.4 Å². The SMILES string of the molecule is N=c1ccccn1CCOc1ccc(C(=O)O)cc1. The molecule has 0 aliphatic heterocycles. The first kappa shape index (κ1) is 12.9. The lowest BCUT2D eigenvalue weighted by molar-refractivity contribution is 0.0697. The first-order valence-electron chi connectivity index (χ1n) is 5.83. The molecule has 0 radical (unpaired) electrons. The molecule has 1 heterocycles. The van der Waals surface area contributed by atoms with Crippen LogP contribution in [0.2, 0.25) is 0 Å². The Morgan fingerprint density at radius 2 is 1.95 bits per heavy atom. The molecule has 5 heteroatoms. The number of carbonyl (C=O) groups is 1. The van der Waals surface area contributed by atoms with Crippen LogP contribution in [0.4, 0.5) is 0 Å². The van der Waals surface area contributed by atoms with Crippen molar-refractivity contribution in [3.05, 3.63) is 59.7 Å². The monoisotopic (exact) mass is 258 g/mol. The van der Waals surface area contributed by atoms with Crippen molar-refractivity contribution in [2.75, 3.05) is 6.61 Å². The van der Waals surface area contributed by atoms with E-state index in [9.17, 15) is 4.79 Å². The lowest BCUT2D eigenvalue weighted by atomic mass is 10.2. The lowest BCUT2D eigenvalue weighted by Gasteiger charge is -2.08. The first-order chi connectivity index (χ1) is 9.16. The molecule has 2 rings (SSSR count).